The highest BCUT2D eigenvalue weighted by atomic mass is 16.2. The zero-order valence-electron chi connectivity index (χ0n) is 26.4. The van der Waals surface area contributed by atoms with Crippen molar-refractivity contribution in [1.29, 1.82) is 0 Å². The average Bonchev–Trinajstić information content (AvgIpc) is 3.09. The SMILES string of the molecule is O=C(CCC(=O)NCC(c1ccccc1)c1ccccc1)NCCCCCCCCCN1C(=O)c2cccc3cccc(c23)C1=O. The number of hydrogen-bond donors (Lipinski definition) is 2. The number of nitrogens with one attached hydrogen (secondary N) is 2. The van der Waals surface area contributed by atoms with Gasteiger partial charge in [-0.25, -0.2) is 0 Å². The van der Waals surface area contributed by atoms with Gasteiger partial charge in [0.25, 0.3) is 11.8 Å². The molecule has 0 saturated carbocycles. The van der Waals surface area contributed by atoms with Gasteiger partial charge in [-0.3, -0.25) is 24.1 Å². The summed E-state index contributed by atoms with van der Waals surface area (Å²) in [6.45, 7) is 1.53. The lowest BCUT2D eigenvalue weighted by Crippen LogP contribution is -2.40. The molecule has 0 aromatic heterocycles. The summed E-state index contributed by atoms with van der Waals surface area (Å²) < 4.78 is 0. The van der Waals surface area contributed by atoms with Gasteiger partial charge in [-0.15, -0.1) is 0 Å². The molecule has 0 bridgehead atoms. The first-order valence-corrected chi connectivity index (χ1v) is 16.5. The lowest BCUT2D eigenvalue weighted by molar-refractivity contribution is -0.126. The van der Waals surface area contributed by atoms with E-state index in [1.807, 2.05) is 72.8 Å². The molecule has 46 heavy (non-hydrogen) atoms. The van der Waals surface area contributed by atoms with Gasteiger partial charge in [0, 0.05) is 54.9 Å². The van der Waals surface area contributed by atoms with Gasteiger partial charge in [-0.1, -0.05) is 117 Å². The number of rotatable bonds is 17. The van der Waals surface area contributed by atoms with Crippen molar-refractivity contribution in [2.45, 2.75) is 63.7 Å². The fraction of sp³-hybridized carbons (Fsp3) is 0.333. The molecule has 5 rings (SSSR count). The van der Waals surface area contributed by atoms with E-state index >= 15 is 0 Å². The minimum absolute atomic E-state index is 0.0530. The van der Waals surface area contributed by atoms with Crippen LogP contribution in [-0.4, -0.2) is 48.2 Å². The maximum absolute atomic E-state index is 13.0. The van der Waals surface area contributed by atoms with Gasteiger partial charge in [0.05, 0.1) is 0 Å². The third-order valence-corrected chi connectivity index (χ3v) is 8.72. The van der Waals surface area contributed by atoms with E-state index < -0.39 is 0 Å². The first kappa shape index (κ1) is 32.6. The molecule has 0 unspecified atom stereocenters. The number of amides is 4. The second-order valence-electron chi connectivity index (χ2n) is 12.0. The molecule has 0 spiro atoms. The molecule has 1 heterocycles. The van der Waals surface area contributed by atoms with E-state index in [-0.39, 0.29) is 42.4 Å². The summed E-state index contributed by atoms with van der Waals surface area (Å²) >= 11 is 0. The van der Waals surface area contributed by atoms with E-state index in [2.05, 4.69) is 34.9 Å². The topological polar surface area (TPSA) is 95.6 Å². The van der Waals surface area contributed by atoms with E-state index in [1.54, 1.807) is 0 Å². The Kier molecular flexibility index (Phi) is 11.7. The predicted octanol–water partition coefficient (Wildman–Crippen LogP) is 7.01. The van der Waals surface area contributed by atoms with Crippen LogP contribution in [0.25, 0.3) is 10.8 Å². The van der Waals surface area contributed by atoms with E-state index in [9.17, 15) is 19.2 Å². The molecular formula is C39H43N3O4. The third-order valence-electron chi connectivity index (χ3n) is 8.72. The predicted molar refractivity (Wildman–Crippen MR) is 182 cm³/mol. The van der Waals surface area contributed by atoms with Crippen LogP contribution in [0.15, 0.2) is 97.1 Å². The van der Waals surface area contributed by atoms with Crippen LogP contribution in [-0.2, 0) is 9.59 Å². The molecule has 2 N–H and O–H groups in total. The van der Waals surface area contributed by atoms with Gasteiger partial charge in [0.1, 0.15) is 0 Å². The third kappa shape index (κ3) is 8.47. The number of nitrogens with zero attached hydrogens (tertiary/aromatic N) is 1. The Morgan fingerprint density at radius 1 is 0.565 bits per heavy atom. The van der Waals surface area contributed by atoms with Crippen molar-refractivity contribution >= 4 is 34.4 Å². The van der Waals surface area contributed by atoms with Crippen LogP contribution >= 0.6 is 0 Å². The zero-order valence-corrected chi connectivity index (χ0v) is 26.4. The van der Waals surface area contributed by atoms with Crippen molar-refractivity contribution in [3.05, 3.63) is 119 Å². The number of unbranched alkanes of at least 4 members (excludes halogenated alkanes) is 6. The first-order chi connectivity index (χ1) is 22.5. The van der Waals surface area contributed by atoms with Crippen LogP contribution in [0.2, 0.25) is 0 Å². The molecule has 0 radical (unpaired) electrons. The molecule has 0 aliphatic carbocycles. The minimum Gasteiger partial charge on any atom is -0.356 e. The number of carbonyl (C=O) groups excluding carboxylic acids is 4. The molecule has 4 amide bonds. The molecule has 0 atom stereocenters. The van der Waals surface area contributed by atoms with E-state index in [0.29, 0.717) is 30.8 Å². The maximum atomic E-state index is 13.0. The summed E-state index contributed by atoms with van der Waals surface area (Å²) in [7, 11) is 0. The molecule has 4 aromatic carbocycles. The number of carbonyl (C=O) groups is 4. The van der Waals surface area contributed by atoms with Gasteiger partial charge >= 0.3 is 0 Å². The lowest BCUT2D eigenvalue weighted by atomic mass is 9.91. The second-order valence-corrected chi connectivity index (χ2v) is 12.0. The van der Waals surface area contributed by atoms with E-state index in [1.165, 1.54) is 4.90 Å². The largest absolute Gasteiger partial charge is 0.356 e. The van der Waals surface area contributed by atoms with Gasteiger partial charge < -0.3 is 10.6 Å². The van der Waals surface area contributed by atoms with Crippen LogP contribution in [0, 0.1) is 0 Å². The van der Waals surface area contributed by atoms with Crippen LogP contribution in [0.4, 0.5) is 0 Å². The standard InChI is InChI=1S/C39H43N3O4/c43-35(24-25-36(44)41-28-34(29-16-8-6-9-17-29)30-18-10-7-11-19-30)40-26-12-4-2-1-3-5-13-27-42-38(45)32-22-14-20-31-21-15-23-33(37(31)32)39(42)46/h6-11,14-23,34H,1-5,12-13,24-28H2,(H,40,43)(H,41,44). The Morgan fingerprint density at radius 2 is 1.07 bits per heavy atom. The highest BCUT2D eigenvalue weighted by Gasteiger charge is 2.32. The highest BCUT2D eigenvalue weighted by Crippen LogP contribution is 2.30. The lowest BCUT2D eigenvalue weighted by Gasteiger charge is -2.27. The summed E-state index contributed by atoms with van der Waals surface area (Å²) in [4.78, 5) is 52.2. The van der Waals surface area contributed by atoms with Crippen molar-refractivity contribution in [2.24, 2.45) is 0 Å². The Bertz CT molecular complexity index is 1550. The summed E-state index contributed by atoms with van der Waals surface area (Å²) in [6, 6.07) is 31.5. The van der Waals surface area contributed by atoms with Crippen LogP contribution in [0.3, 0.4) is 0 Å². The molecule has 7 nitrogen and oxygen atoms in total. The van der Waals surface area contributed by atoms with Crippen molar-refractivity contribution in [1.82, 2.24) is 15.5 Å². The minimum atomic E-state index is -0.197. The number of benzene rings is 4. The summed E-state index contributed by atoms with van der Waals surface area (Å²) in [5, 5.41) is 7.64. The normalized spacial score (nSPS) is 12.5. The van der Waals surface area contributed by atoms with Crippen LogP contribution < -0.4 is 10.6 Å². The summed E-state index contributed by atoms with van der Waals surface area (Å²) in [5.41, 5.74) is 3.50. The quantitative estimate of drug-likeness (QED) is 0.0984. The highest BCUT2D eigenvalue weighted by molar-refractivity contribution is 6.25. The van der Waals surface area contributed by atoms with Crippen LogP contribution in [0.1, 0.15) is 95.5 Å². The average molecular weight is 618 g/mol. The monoisotopic (exact) mass is 617 g/mol. The Hall–Kier alpha value is -4.78. The van der Waals surface area contributed by atoms with Crippen molar-refractivity contribution < 1.29 is 19.2 Å². The molecule has 0 fully saturated rings. The molecule has 7 heteroatoms. The van der Waals surface area contributed by atoms with Gasteiger partial charge in [0.15, 0.2) is 0 Å². The molecule has 1 aliphatic heterocycles. The molecule has 238 valence electrons. The Labute approximate surface area is 271 Å². The fourth-order valence-corrected chi connectivity index (χ4v) is 6.21. The summed E-state index contributed by atoms with van der Waals surface area (Å²) in [6.07, 6.45) is 7.19. The van der Waals surface area contributed by atoms with E-state index in [4.69, 9.17) is 0 Å². The Balaban J connectivity index is 0.903. The Morgan fingerprint density at radius 3 is 1.63 bits per heavy atom. The number of imide groups is 1. The summed E-state index contributed by atoms with van der Waals surface area (Å²) in [5.74, 6) is -0.563. The van der Waals surface area contributed by atoms with Gasteiger partial charge in [0.2, 0.25) is 11.8 Å². The number of hydrogen-bond acceptors (Lipinski definition) is 4. The zero-order chi connectivity index (χ0) is 32.1. The first-order valence-electron chi connectivity index (χ1n) is 16.5. The van der Waals surface area contributed by atoms with Crippen molar-refractivity contribution in [3.63, 3.8) is 0 Å². The van der Waals surface area contributed by atoms with Gasteiger partial charge in [-0.05, 0) is 41.5 Å². The van der Waals surface area contributed by atoms with Crippen LogP contribution in [0.5, 0.6) is 0 Å². The second kappa shape index (κ2) is 16.5. The van der Waals surface area contributed by atoms with Crippen molar-refractivity contribution in [2.75, 3.05) is 19.6 Å². The molecule has 1 aliphatic rings. The van der Waals surface area contributed by atoms with E-state index in [0.717, 1.165) is 66.8 Å². The molecular weight excluding hydrogens is 574 g/mol. The van der Waals surface area contributed by atoms with Crippen molar-refractivity contribution in [3.8, 4) is 0 Å². The van der Waals surface area contributed by atoms with Gasteiger partial charge in [-0.2, -0.15) is 0 Å². The molecule has 0 saturated heterocycles. The fourth-order valence-electron chi connectivity index (χ4n) is 6.21. The maximum Gasteiger partial charge on any atom is 0.261 e. The molecule has 4 aromatic rings. The smallest absolute Gasteiger partial charge is 0.261 e.